The molecule has 184 valence electrons. The van der Waals surface area contributed by atoms with Crippen LogP contribution in [0.15, 0.2) is 60.9 Å². The van der Waals surface area contributed by atoms with Gasteiger partial charge in [-0.15, -0.1) is 5.10 Å². The number of rotatable bonds is 5. The first-order valence-electron chi connectivity index (χ1n) is 11.8. The Morgan fingerprint density at radius 2 is 2.00 bits per heavy atom. The number of hydrogen-bond donors (Lipinski definition) is 2. The number of pyridine rings is 1. The molecule has 2 aromatic carbocycles. The number of nitrogens with zero attached hydrogens (tertiary/aromatic N) is 5. The molecule has 37 heavy (non-hydrogen) atoms. The van der Waals surface area contributed by atoms with E-state index in [1.807, 2.05) is 30.3 Å². The molecule has 4 heterocycles. The molecule has 0 radical (unpaired) electrons. The molecule has 2 aromatic heterocycles. The number of fused-ring (bicyclic) bond motifs is 2. The van der Waals surface area contributed by atoms with Gasteiger partial charge in [0, 0.05) is 46.9 Å². The largest absolute Gasteiger partial charge is 0.324 e. The van der Waals surface area contributed by atoms with Gasteiger partial charge in [-0.1, -0.05) is 29.5 Å². The summed E-state index contributed by atoms with van der Waals surface area (Å²) in [5, 5.41) is 14.4. The molecule has 0 aliphatic carbocycles. The van der Waals surface area contributed by atoms with Crippen molar-refractivity contribution in [3.63, 3.8) is 0 Å². The van der Waals surface area contributed by atoms with Gasteiger partial charge in [0.25, 0.3) is 5.91 Å². The van der Waals surface area contributed by atoms with Gasteiger partial charge in [0.2, 0.25) is 17.7 Å². The van der Waals surface area contributed by atoms with Crippen LogP contribution in [0.1, 0.15) is 28.8 Å². The van der Waals surface area contributed by atoms with Crippen LogP contribution >= 0.6 is 0 Å². The van der Waals surface area contributed by atoms with E-state index in [2.05, 4.69) is 25.9 Å². The number of imide groups is 1. The van der Waals surface area contributed by atoms with Crippen molar-refractivity contribution in [2.24, 2.45) is 0 Å². The first-order valence-corrected chi connectivity index (χ1v) is 11.8. The number of hydrogen-bond acceptors (Lipinski definition) is 7. The Kier molecular flexibility index (Phi) is 5.44. The van der Waals surface area contributed by atoms with Crippen LogP contribution in [0, 0.1) is 0 Å². The predicted octanol–water partition coefficient (Wildman–Crippen LogP) is 1.89. The highest BCUT2D eigenvalue weighted by Gasteiger charge is 2.39. The summed E-state index contributed by atoms with van der Waals surface area (Å²) in [4.78, 5) is 55.5. The maximum Gasteiger partial charge on any atom is 0.255 e. The molecular formula is C26H21N7O4. The molecule has 2 aliphatic heterocycles. The Balaban J connectivity index is 1.16. The van der Waals surface area contributed by atoms with E-state index in [4.69, 9.17) is 0 Å². The zero-order chi connectivity index (χ0) is 25.5. The fourth-order valence-corrected chi connectivity index (χ4v) is 4.77. The highest BCUT2D eigenvalue weighted by molar-refractivity contribution is 6.06. The Hall–Kier alpha value is -4.93. The van der Waals surface area contributed by atoms with Gasteiger partial charge < -0.3 is 10.2 Å². The molecule has 0 spiro atoms. The summed E-state index contributed by atoms with van der Waals surface area (Å²) in [5.74, 6) is -1.46. The molecule has 0 bridgehead atoms. The maximum atomic E-state index is 13.0. The number of amides is 4. The Labute approximate surface area is 210 Å². The molecular weight excluding hydrogens is 474 g/mol. The average molecular weight is 495 g/mol. The van der Waals surface area contributed by atoms with Crippen LogP contribution in [0.4, 0.5) is 5.69 Å². The third-order valence-corrected chi connectivity index (χ3v) is 6.60. The van der Waals surface area contributed by atoms with Gasteiger partial charge in [0.05, 0.1) is 11.7 Å². The van der Waals surface area contributed by atoms with Crippen LogP contribution in [-0.4, -0.2) is 54.5 Å². The van der Waals surface area contributed by atoms with Crippen LogP contribution in [-0.2, 0) is 27.5 Å². The average Bonchev–Trinajstić information content (AvgIpc) is 3.49. The highest BCUT2D eigenvalue weighted by Crippen LogP contribution is 2.32. The summed E-state index contributed by atoms with van der Waals surface area (Å²) in [6, 6.07) is 14.0. The fraction of sp³-hybridized carbons (Fsp3) is 0.192. The first-order chi connectivity index (χ1) is 18.0. The van der Waals surface area contributed by atoms with Gasteiger partial charge in [-0.2, -0.15) is 0 Å². The molecule has 11 nitrogen and oxygen atoms in total. The minimum absolute atomic E-state index is 0.0761. The van der Waals surface area contributed by atoms with E-state index in [1.165, 1.54) is 9.58 Å². The zero-order valence-electron chi connectivity index (χ0n) is 19.5. The number of nitrogens with one attached hydrogen (secondary N) is 2. The van der Waals surface area contributed by atoms with Crippen molar-refractivity contribution in [3.05, 3.63) is 72.1 Å². The lowest BCUT2D eigenvalue weighted by Gasteiger charge is -2.29. The van der Waals surface area contributed by atoms with E-state index >= 15 is 0 Å². The van der Waals surface area contributed by atoms with Gasteiger partial charge in [0.15, 0.2) is 0 Å². The van der Waals surface area contributed by atoms with Crippen LogP contribution in [0.25, 0.3) is 22.2 Å². The molecule has 2 N–H and O–H groups in total. The summed E-state index contributed by atoms with van der Waals surface area (Å²) in [5.41, 5.74) is 3.85. The molecule has 4 amide bonds. The first kappa shape index (κ1) is 22.5. The Morgan fingerprint density at radius 1 is 1.11 bits per heavy atom. The van der Waals surface area contributed by atoms with E-state index in [1.54, 1.807) is 30.6 Å². The topological polar surface area (TPSA) is 139 Å². The standard InChI is InChI=1S/C26H21N7O4/c34-23-9-8-22(25(36)29-23)33-12-18-17(26(33)37)4-1-5-19(18)28-24(35)14-32-13-21(30-31-32)16-7-6-15-3-2-10-27-20(15)11-16/h1-7,10-11,13,22H,8-9,12,14H2,(H,28,35)(H,29,34,36). The molecule has 1 fully saturated rings. The Morgan fingerprint density at radius 3 is 2.86 bits per heavy atom. The quantitative estimate of drug-likeness (QED) is 0.403. The molecule has 2 aliphatic rings. The van der Waals surface area contributed by atoms with Gasteiger partial charge >= 0.3 is 0 Å². The third kappa shape index (κ3) is 4.20. The van der Waals surface area contributed by atoms with Crippen LogP contribution in [0.2, 0.25) is 0 Å². The lowest BCUT2D eigenvalue weighted by Crippen LogP contribution is -2.52. The lowest BCUT2D eigenvalue weighted by molar-refractivity contribution is -0.137. The third-order valence-electron chi connectivity index (χ3n) is 6.60. The lowest BCUT2D eigenvalue weighted by atomic mass is 10.0. The van der Waals surface area contributed by atoms with Crippen molar-refractivity contribution in [2.75, 3.05) is 5.32 Å². The van der Waals surface area contributed by atoms with Gasteiger partial charge in [-0.3, -0.25) is 29.5 Å². The normalized spacial score (nSPS) is 17.1. The van der Waals surface area contributed by atoms with E-state index in [0.717, 1.165) is 16.5 Å². The second-order valence-electron chi connectivity index (χ2n) is 8.99. The summed E-state index contributed by atoms with van der Waals surface area (Å²) < 4.78 is 1.44. The Bertz CT molecular complexity index is 1590. The van der Waals surface area contributed by atoms with Crippen molar-refractivity contribution in [1.82, 2.24) is 30.2 Å². The van der Waals surface area contributed by atoms with Crippen molar-refractivity contribution in [2.45, 2.75) is 32.0 Å². The predicted molar refractivity (Wildman–Crippen MR) is 132 cm³/mol. The second kappa shape index (κ2) is 8.94. The molecule has 1 unspecified atom stereocenters. The molecule has 0 saturated carbocycles. The maximum absolute atomic E-state index is 13.0. The summed E-state index contributed by atoms with van der Waals surface area (Å²) in [7, 11) is 0. The summed E-state index contributed by atoms with van der Waals surface area (Å²) >= 11 is 0. The highest BCUT2D eigenvalue weighted by atomic mass is 16.2. The molecule has 1 atom stereocenters. The van der Waals surface area contributed by atoms with Crippen molar-refractivity contribution in [3.8, 4) is 11.3 Å². The van der Waals surface area contributed by atoms with E-state index in [0.29, 0.717) is 22.5 Å². The van der Waals surface area contributed by atoms with Crippen LogP contribution in [0.5, 0.6) is 0 Å². The number of piperidine rings is 1. The number of carbonyl (C=O) groups is 4. The van der Waals surface area contributed by atoms with Crippen LogP contribution < -0.4 is 10.6 Å². The minimum atomic E-state index is -0.722. The van der Waals surface area contributed by atoms with Gasteiger partial charge in [-0.05, 0) is 30.7 Å². The van der Waals surface area contributed by atoms with Crippen molar-refractivity contribution < 1.29 is 19.2 Å². The fourth-order valence-electron chi connectivity index (χ4n) is 4.77. The summed E-state index contributed by atoms with van der Waals surface area (Å²) in [6.07, 6.45) is 3.86. The number of aromatic nitrogens is 4. The van der Waals surface area contributed by atoms with Crippen molar-refractivity contribution >= 4 is 40.2 Å². The molecule has 11 heteroatoms. The SMILES string of the molecule is O=C1CCC(N2Cc3c(NC(=O)Cn4cc(-c5ccc6cccnc6c5)nn4)cccc3C2=O)C(=O)N1. The van der Waals surface area contributed by atoms with E-state index in [-0.39, 0.29) is 43.7 Å². The van der Waals surface area contributed by atoms with Crippen molar-refractivity contribution in [1.29, 1.82) is 0 Å². The zero-order valence-corrected chi connectivity index (χ0v) is 19.5. The van der Waals surface area contributed by atoms with E-state index < -0.39 is 11.9 Å². The second-order valence-corrected chi connectivity index (χ2v) is 8.99. The van der Waals surface area contributed by atoms with Crippen LogP contribution in [0.3, 0.4) is 0 Å². The van der Waals surface area contributed by atoms with Gasteiger partial charge in [0.1, 0.15) is 18.3 Å². The number of benzene rings is 2. The smallest absolute Gasteiger partial charge is 0.255 e. The van der Waals surface area contributed by atoms with E-state index in [9.17, 15) is 19.2 Å². The summed E-state index contributed by atoms with van der Waals surface area (Å²) in [6.45, 7) is 0.0909. The number of anilines is 1. The molecule has 4 aromatic rings. The monoisotopic (exact) mass is 495 g/mol. The number of carbonyl (C=O) groups excluding carboxylic acids is 4. The molecule has 6 rings (SSSR count). The minimum Gasteiger partial charge on any atom is -0.324 e. The molecule has 1 saturated heterocycles. The van der Waals surface area contributed by atoms with Gasteiger partial charge in [-0.25, -0.2) is 4.68 Å².